The SMILES string of the molecule is CC(C)(C)N1C(=O)NC(=O)[C@@]2(Cc3ccccc3N3CCCCC[C@H]32)C1=O. The smallest absolute Gasteiger partial charge is 0.331 e. The summed E-state index contributed by atoms with van der Waals surface area (Å²) in [6.07, 6.45) is 4.23. The fraction of sp³-hybridized carbons (Fsp3) is 0.571. The summed E-state index contributed by atoms with van der Waals surface area (Å²) in [5, 5.41) is 2.51. The van der Waals surface area contributed by atoms with Crippen molar-refractivity contribution in [1.82, 2.24) is 10.2 Å². The molecule has 4 amide bonds. The molecule has 0 radical (unpaired) electrons. The number of nitrogens with zero attached hydrogens (tertiary/aromatic N) is 2. The fourth-order valence-electron chi connectivity index (χ4n) is 4.98. The minimum absolute atomic E-state index is 0.222. The third kappa shape index (κ3) is 2.57. The summed E-state index contributed by atoms with van der Waals surface area (Å²) < 4.78 is 0. The van der Waals surface area contributed by atoms with Gasteiger partial charge in [0.2, 0.25) is 11.8 Å². The Bertz CT molecular complexity index is 813. The second-order valence-electron chi connectivity index (χ2n) is 8.91. The van der Waals surface area contributed by atoms with Crippen molar-refractivity contribution in [3.8, 4) is 0 Å². The molecule has 6 heteroatoms. The van der Waals surface area contributed by atoms with E-state index in [1.165, 1.54) is 4.90 Å². The number of imide groups is 2. The van der Waals surface area contributed by atoms with Gasteiger partial charge in [-0.1, -0.05) is 31.0 Å². The number of nitrogens with one attached hydrogen (secondary N) is 1. The Hall–Kier alpha value is -2.37. The van der Waals surface area contributed by atoms with Gasteiger partial charge < -0.3 is 4.90 Å². The molecule has 3 aliphatic rings. The molecule has 6 nitrogen and oxygen atoms in total. The molecule has 0 aromatic heterocycles. The van der Waals surface area contributed by atoms with Gasteiger partial charge in [0.1, 0.15) is 0 Å². The molecule has 4 rings (SSSR count). The zero-order valence-corrected chi connectivity index (χ0v) is 16.2. The largest absolute Gasteiger partial charge is 0.367 e. The highest BCUT2D eigenvalue weighted by molar-refractivity contribution is 6.20. The summed E-state index contributed by atoms with van der Waals surface area (Å²) in [6.45, 7) is 6.31. The Morgan fingerprint density at radius 1 is 1.07 bits per heavy atom. The Morgan fingerprint density at radius 3 is 2.56 bits per heavy atom. The molecule has 0 aliphatic carbocycles. The Morgan fingerprint density at radius 2 is 1.81 bits per heavy atom. The number of hydrogen-bond donors (Lipinski definition) is 1. The van der Waals surface area contributed by atoms with Gasteiger partial charge in [-0.15, -0.1) is 0 Å². The molecule has 2 fully saturated rings. The van der Waals surface area contributed by atoms with Crippen molar-refractivity contribution in [2.75, 3.05) is 11.4 Å². The lowest BCUT2D eigenvalue weighted by Crippen LogP contribution is -2.74. The first kappa shape index (κ1) is 18.0. The van der Waals surface area contributed by atoms with E-state index in [0.29, 0.717) is 6.42 Å². The number of hydrogen-bond acceptors (Lipinski definition) is 4. The van der Waals surface area contributed by atoms with Crippen molar-refractivity contribution in [2.24, 2.45) is 5.41 Å². The van der Waals surface area contributed by atoms with Gasteiger partial charge >= 0.3 is 6.03 Å². The van der Waals surface area contributed by atoms with E-state index in [4.69, 9.17) is 0 Å². The van der Waals surface area contributed by atoms with Crippen LogP contribution in [-0.2, 0) is 16.0 Å². The molecular weight excluding hydrogens is 342 g/mol. The zero-order valence-electron chi connectivity index (χ0n) is 16.2. The van der Waals surface area contributed by atoms with Crippen molar-refractivity contribution >= 4 is 23.5 Å². The molecule has 144 valence electrons. The summed E-state index contributed by atoms with van der Waals surface area (Å²) in [4.78, 5) is 43.0. The quantitative estimate of drug-likeness (QED) is 0.714. The van der Waals surface area contributed by atoms with Gasteiger partial charge in [0.05, 0.1) is 6.04 Å². The number of rotatable bonds is 0. The van der Waals surface area contributed by atoms with Crippen molar-refractivity contribution in [3.63, 3.8) is 0 Å². The van der Waals surface area contributed by atoms with Gasteiger partial charge in [0.15, 0.2) is 5.41 Å². The van der Waals surface area contributed by atoms with Crippen LogP contribution in [0, 0.1) is 5.41 Å². The van der Waals surface area contributed by atoms with Crippen molar-refractivity contribution < 1.29 is 14.4 Å². The van der Waals surface area contributed by atoms with Crippen LogP contribution < -0.4 is 10.2 Å². The molecule has 1 spiro atoms. The normalized spacial score (nSPS) is 28.6. The van der Waals surface area contributed by atoms with E-state index < -0.39 is 22.9 Å². The van der Waals surface area contributed by atoms with Gasteiger partial charge in [0.25, 0.3) is 0 Å². The highest BCUT2D eigenvalue weighted by atomic mass is 16.2. The van der Waals surface area contributed by atoms with Crippen LogP contribution >= 0.6 is 0 Å². The highest BCUT2D eigenvalue weighted by Crippen LogP contribution is 2.47. The van der Waals surface area contributed by atoms with E-state index in [2.05, 4.69) is 16.3 Å². The van der Waals surface area contributed by atoms with Gasteiger partial charge in [-0.3, -0.25) is 19.8 Å². The maximum Gasteiger partial charge on any atom is 0.331 e. The first-order valence-corrected chi connectivity index (χ1v) is 9.81. The topological polar surface area (TPSA) is 69.7 Å². The molecule has 0 bridgehead atoms. The summed E-state index contributed by atoms with van der Waals surface area (Å²) in [5.41, 5.74) is 0.179. The summed E-state index contributed by atoms with van der Waals surface area (Å²) >= 11 is 0. The molecule has 0 saturated carbocycles. The lowest BCUT2D eigenvalue weighted by molar-refractivity contribution is -0.156. The van der Waals surface area contributed by atoms with E-state index in [1.54, 1.807) is 0 Å². The lowest BCUT2D eigenvalue weighted by Gasteiger charge is -2.53. The number of amides is 4. The van der Waals surface area contributed by atoms with Crippen LogP contribution in [0.3, 0.4) is 0 Å². The molecule has 0 unspecified atom stereocenters. The number of para-hydroxylation sites is 1. The molecule has 1 N–H and O–H groups in total. The number of carbonyl (C=O) groups is 3. The molecule has 2 atom stereocenters. The number of fused-ring (bicyclic) bond motifs is 4. The second-order valence-corrected chi connectivity index (χ2v) is 8.91. The van der Waals surface area contributed by atoms with Crippen LogP contribution in [0.2, 0.25) is 0 Å². The average Bonchev–Trinajstić information content (AvgIpc) is 2.85. The second kappa shape index (κ2) is 6.08. The monoisotopic (exact) mass is 369 g/mol. The average molecular weight is 369 g/mol. The zero-order chi connectivity index (χ0) is 19.4. The Balaban J connectivity index is 1.90. The van der Waals surface area contributed by atoms with Crippen LogP contribution in [-0.4, -0.2) is 40.9 Å². The number of carbonyl (C=O) groups excluding carboxylic acids is 3. The molecule has 1 aromatic rings. The minimum Gasteiger partial charge on any atom is -0.367 e. The highest BCUT2D eigenvalue weighted by Gasteiger charge is 2.63. The minimum atomic E-state index is -1.25. The lowest BCUT2D eigenvalue weighted by atomic mass is 9.67. The molecule has 2 saturated heterocycles. The van der Waals surface area contributed by atoms with E-state index in [9.17, 15) is 14.4 Å². The summed E-state index contributed by atoms with van der Waals surface area (Å²) in [7, 11) is 0. The summed E-state index contributed by atoms with van der Waals surface area (Å²) in [5.74, 6) is -0.792. The van der Waals surface area contributed by atoms with E-state index in [-0.39, 0.29) is 11.9 Å². The fourth-order valence-corrected chi connectivity index (χ4v) is 4.98. The van der Waals surface area contributed by atoms with Gasteiger partial charge in [-0.2, -0.15) is 0 Å². The van der Waals surface area contributed by atoms with Crippen molar-refractivity contribution in [1.29, 1.82) is 0 Å². The Kier molecular flexibility index (Phi) is 4.05. The third-order valence-corrected chi connectivity index (χ3v) is 6.18. The number of anilines is 1. The maximum atomic E-state index is 13.8. The third-order valence-electron chi connectivity index (χ3n) is 6.18. The number of urea groups is 1. The molecule has 1 aromatic carbocycles. The first-order valence-electron chi connectivity index (χ1n) is 9.81. The molecule has 3 heterocycles. The number of benzene rings is 1. The predicted molar refractivity (Wildman–Crippen MR) is 102 cm³/mol. The predicted octanol–water partition coefficient (Wildman–Crippen LogP) is 2.86. The van der Waals surface area contributed by atoms with Gasteiger partial charge in [-0.05, 0) is 51.7 Å². The van der Waals surface area contributed by atoms with Crippen LogP contribution in [0.4, 0.5) is 10.5 Å². The van der Waals surface area contributed by atoms with E-state index in [0.717, 1.165) is 43.5 Å². The molecule has 3 aliphatic heterocycles. The van der Waals surface area contributed by atoms with E-state index in [1.807, 2.05) is 39.0 Å². The summed E-state index contributed by atoms with van der Waals surface area (Å²) in [6, 6.07) is 7.20. The van der Waals surface area contributed by atoms with Crippen LogP contribution in [0.5, 0.6) is 0 Å². The standard InChI is InChI=1S/C21H27N3O3/c1-20(2,3)24-18(26)21(17(25)22-19(24)27)13-14-9-6-7-10-15(14)23-12-8-4-5-11-16(21)23/h6-7,9-10,16H,4-5,8,11-13H2,1-3H3,(H,22,25,27)/t16-,21-/m0/s1. The van der Waals surface area contributed by atoms with Gasteiger partial charge in [0, 0.05) is 17.8 Å². The van der Waals surface area contributed by atoms with E-state index >= 15 is 0 Å². The van der Waals surface area contributed by atoms with Crippen LogP contribution in [0.1, 0.15) is 52.0 Å². The van der Waals surface area contributed by atoms with Gasteiger partial charge in [-0.25, -0.2) is 4.79 Å². The Labute approximate surface area is 159 Å². The maximum absolute atomic E-state index is 13.8. The van der Waals surface area contributed by atoms with Crippen LogP contribution in [0.15, 0.2) is 24.3 Å². The van der Waals surface area contributed by atoms with Crippen molar-refractivity contribution in [3.05, 3.63) is 29.8 Å². The number of barbiturate groups is 1. The molecular formula is C21H27N3O3. The molecule has 27 heavy (non-hydrogen) atoms. The van der Waals surface area contributed by atoms with Crippen LogP contribution in [0.25, 0.3) is 0 Å². The first-order chi connectivity index (χ1) is 12.8. The van der Waals surface area contributed by atoms with Crippen molar-refractivity contribution in [2.45, 2.75) is 64.5 Å².